The van der Waals surface area contributed by atoms with E-state index in [2.05, 4.69) is 0 Å². The molecule has 0 atom stereocenters. The first kappa shape index (κ1) is 8.48. The summed E-state index contributed by atoms with van der Waals surface area (Å²) in [5, 5.41) is 6.52. The molecule has 1 N–H and O–H groups in total. The molecule has 0 spiro atoms. The highest BCUT2D eigenvalue weighted by atomic mass is 32.2. The highest BCUT2D eigenvalue weighted by molar-refractivity contribution is 8.03. The Morgan fingerprint density at radius 3 is 2.09 bits per heavy atom. The number of sulfonamides is 1. The van der Waals surface area contributed by atoms with Crippen LogP contribution in [0.5, 0.6) is 0 Å². The van der Waals surface area contributed by atoms with Crippen molar-refractivity contribution in [2.75, 3.05) is 13.1 Å². The van der Waals surface area contributed by atoms with Crippen molar-refractivity contribution in [2.24, 2.45) is 0 Å². The zero-order valence-electron chi connectivity index (χ0n) is 5.86. The lowest BCUT2D eigenvalue weighted by molar-refractivity contribution is 0.217. The molecule has 1 saturated heterocycles. The highest BCUT2D eigenvalue weighted by Crippen LogP contribution is 2.12. The van der Waals surface area contributed by atoms with Gasteiger partial charge in [-0.3, -0.25) is 0 Å². The van der Waals surface area contributed by atoms with Crippen molar-refractivity contribution < 1.29 is 18.3 Å². The maximum absolute atomic E-state index is 10.9. The summed E-state index contributed by atoms with van der Waals surface area (Å²) < 4.78 is 22.7. The quantitative estimate of drug-likeness (QED) is 0.619. The van der Waals surface area contributed by atoms with Gasteiger partial charge in [-0.2, -0.15) is 12.7 Å². The second-order valence-electron chi connectivity index (χ2n) is 2.38. The highest BCUT2D eigenvalue weighted by Gasteiger charge is 2.31. The van der Waals surface area contributed by atoms with Gasteiger partial charge in [-0.1, -0.05) is 0 Å². The molecule has 1 aliphatic heterocycles. The van der Waals surface area contributed by atoms with Gasteiger partial charge in [-0.05, 0) is 12.8 Å². The third-order valence-corrected chi connectivity index (χ3v) is 3.11. The van der Waals surface area contributed by atoms with Gasteiger partial charge in [-0.25, -0.2) is 4.79 Å². The van der Waals surface area contributed by atoms with Crippen LogP contribution in [0.15, 0.2) is 0 Å². The van der Waals surface area contributed by atoms with Gasteiger partial charge >= 0.3 is 15.3 Å². The standard InChI is InChI=1S/C5H9NO4S/c7-5(8)11(9,10)6-3-1-2-4-6/h1-4H2,(H,7,8). The largest absolute Gasteiger partial charge is 0.469 e. The van der Waals surface area contributed by atoms with E-state index in [1.165, 1.54) is 0 Å². The van der Waals surface area contributed by atoms with Gasteiger partial charge in [0.1, 0.15) is 0 Å². The lowest BCUT2D eigenvalue weighted by Gasteiger charge is -2.09. The van der Waals surface area contributed by atoms with Crippen LogP contribution in [-0.4, -0.2) is 36.2 Å². The van der Waals surface area contributed by atoms with Crippen molar-refractivity contribution in [1.29, 1.82) is 0 Å². The fourth-order valence-corrected chi connectivity index (χ4v) is 2.00. The van der Waals surface area contributed by atoms with E-state index in [1.807, 2.05) is 0 Å². The van der Waals surface area contributed by atoms with Gasteiger partial charge in [0, 0.05) is 13.1 Å². The van der Waals surface area contributed by atoms with E-state index >= 15 is 0 Å². The van der Waals surface area contributed by atoms with Crippen LogP contribution in [0.4, 0.5) is 4.79 Å². The van der Waals surface area contributed by atoms with E-state index in [0.29, 0.717) is 13.1 Å². The summed E-state index contributed by atoms with van der Waals surface area (Å²) in [5.41, 5.74) is 0. The Kier molecular flexibility index (Phi) is 2.15. The van der Waals surface area contributed by atoms with Crippen LogP contribution in [-0.2, 0) is 10.0 Å². The SMILES string of the molecule is O=C(O)S(=O)(=O)N1CCCC1. The van der Waals surface area contributed by atoms with Gasteiger partial charge in [0.2, 0.25) is 0 Å². The molecule has 0 radical (unpaired) electrons. The fraction of sp³-hybridized carbons (Fsp3) is 0.800. The minimum absolute atomic E-state index is 0.342. The summed E-state index contributed by atoms with van der Waals surface area (Å²) in [5.74, 6) is 0. The van der Waals surface area contributed by atoms with E-state index in [9.17, 15) is 13.2 Å². The van der Waals surface area contributed by atoms with Crippen molar-refractivity contribution in [3.05, 3.63) is 0 Å². The molecule has 0 unspecified atom stereocenters. The number of hydrogen-bond donors (Lipinski definition) is 1. The molecule has 1 heterocycles. The number of carbonyl (C=O) groups is 1. The summed E-state index contributed by atoms with van der Waals surface area (Å²) >= 11 is 0. The van der Waals surface area contributed by atoms with Gasteiger partial charge in [-0.15, -0.1) is 0 Å². The topological polar surface area (TPSA) is 74.7 Å². The molecule has 5 nitrogen and oxygen atoms in total. The molecule has 6 heteroatoms. The number of carboxylic acid groups (broad SMARTS) is 1. The summed E-state index contributed by atoms with van der Waals surface area (Å²) in [6.45, 7) is 0.684. The Morgan fingerprint density at radius 1 is 1.27 bits per heavy atom. The second-order valence-corrected chi connectivity index (χ2v) is 4.19. The van der Waals surface area contributed by atoms with Crippen molar-refractivity contribution in [3.63, 3.8) is 0 Å². The maximum atomic E-state index is 10.9. The predicted molar refractivity (Wildman–Crippen MR) is 37.8 cm³/mol. The van der Waals surface area contributed by atoms with Crippen molar-refractivity contribution in [3.8, 4) is 0 Å². The third kappa shape index (κ3) is 1.51. The first-order chi connectivity index (χ1) is 5.05. The Morgan fingerprint density at radius 2 is 1.73 bits per heavy atom. The molecule has 1 aliphatic rings. The van der Waals surface area contributed by atoms with Crippen LogP contribution in [0.1, 0.15) is 12.8 Å². The molecular formula is C5H9NO4S. The second kappa shape index (κ2) is 2.78. The Hall–Kier alpha value is -0.620. The van der Waals surface area contributed by atoms with Crippen LogP contribution < -0.4 is 0 Å². The summed E-state index contributed by atoms with van der Waals surface area (Å²) in [6, 6.07) is 0. The molecule has 11 heavy (non-hydrogen) atoms. The molecule has 0 saturated carbocycles. The zero-order chi connectivity index (χ0) is 8.48. The first-order valence-corrected chi connectivity index (χ1v) is 4.72. The van der Waals surface area contributed by atoms with E-state index in [-0.39, 0.29) is 0 Å². The first-order valence-electron chi connectivity index (χ1n) is 3.28. The average Bonchev–Trinajstić information content (AvgIpc) is 2.37. The average molecular weight is 179 g/mol. The number of nitrogens with zero attached hydrogens (tertiary/aromatic N) is 1. The van der Waals surface area contributed by atoms with Crippen LogP contribution in [0, 0.1) is 0 Å². The van der Waals surface area contributed by atoms with Crippen LogP contribution in [0.2, 0.25) is 0 Å². The molecular weight excluding hydrogens is 170 g/mol. The smallest absolute Gasteiger partial charge is 0.437 e. The molecule has 0 amide bonds. The van der Waals surface area contributed by atoms with Gasteiger partial charge < -0.3 is 5.11 Å². The van der Waals surface area contributed by atoms with E-state index in [4.69, 9.17) is 5.11 Å². The Bertz CT molecular complexity index is 252. The predicted octanol–water partition coefficient (Wildman–Crippen LogP) is 0.0900. The molecule has 1 fully saturated rings. The van der Waals surface area contributed by atoms with Crippen LogP contribution in [0.3, 0.4) is 0 Å². The third-order valence-electron chi connectivity index (χ3n) is 1.63. The molecule has 0 aromatic carbocycles. The van der Waals surface area contributed by atoms with Gasteiger partial charge in [0.15, 0.2) is 0 Å². The molecule has 1 rings (SSSR count). The zero-order valence-corrected chi connectivity index (χ0v) is 6.67. The summed E-state index contributed by atoms with van der Waals surface area (Å²) in [6.07, 6.45) is 1.51. The maximum Gasteiger partial charge on any atom is 0.437 e. The van der Waals surface area contributed by atoms with Crippen molar-refractivity contribution >= 4 is 15.3 Å². The monoisotopic (exact) mass is 179 g/mol. The van der Waals surface area contributed by atoms with E-state index in [0.717, 1.165) is 17.1 Å². The lowest BCUT2D eigenvalue weighted by atomic mass is 10.4. The molecule has 0 bridgehead atoms. The molecule has 0 aromatic rings. The van der Waals surface area contributed by atoms with Gasteiger partial charge in [0.25, 0.3) is 0 Å². The normalized spacial score (nSPS) is 20.4. The minimum Gasteiger partial charge on any atom is -0.469 e. The molecule has 0 aromatic heterocycles. The van der Waals surface area contributed by atoms with Gasteiger partial charge in [0.05, 0.1) is 0 Å². The summed E-state index contributed by atoms with van der Waals surface area (Å²) in [4.78, 5) is 10.2. The Labute approximate surface area is 64.7 Å². The Balaban J connectivity index is 2.80. The molecule has 0 aliphatic carbocycles. The lowest BCUT2D eigenvalue weighted by Crippen LogP contribution is -2.32. The van der Waals surface area contributed by atoms with E-state index < -0.39 is 15.3 Å². The van der Waals surface area contributed by atoms with Crippen LogP contribution in [0.25, 0.3) is 0 Å². The number of hydrogen-bond acceptors (Lipinski definition) is 3. The van der Waals surface area contributed by atoms with Crippen molar-refractivity contribution in [1.82, 2.24) is 4.31 Å². The molecule has 64 valence electrons. The fourth-order valence-electron chi connectivity index (χ4n) is 1.04. The summed E-state index contributed by atoms with van der Waals surface area (Å²) in [7, 11) is -4.03. The van der Waals surface area contributed by atoms with E-state index in [1.54, 1.807) is 0 Å². The van der Waals surface area contributed by atoms with Crippen molar-refractivity contribution in [2.45, 2.75) is 12.8 Å². The van der Waals surface area contributed by atoms with Crippen LogP contribution >= 0.6 is 0 Å². The number of rotatable bonds is 1. The minimum atomic E-state index is -4.03.